The monoisotopic (exact) mass is 299 g/mol. The van der Waals surface area contributed by atoms with E-state index < -0.39 is 5.97 Å². The van der Waals surface area contributed by atoms with Gasteiger partial charge in [0.2, 0.25) is 0 Å². The van der Waals surface area contributed by atoms with E-state index in [0.717, 1.165) is 18.4 Å². The van der Waals surface area contributed by atoms with Crippen molar-refractivity contribution in [2.24, 2.45) is 0 Å². The number of methoxy groups -OCH3 is 1. The minimum absolute atomic E-state index is 0.129. The van der Waals surface area contributed by atoms with Gasteiger partial charge in [-0.1, -0.05) is 43.7 Å². The van der Waals surface area contributed by atoms with Crippen molar-refractivity contribution in [1.82, 2.24) is 4.90 Å². The van der Waals surface area contributed by atoms with Crippen molar-refractivity contribution >= 4 is 18.0 Å². The molecule has 1 aliphatic rings. The highest BCUT2D eigenvalue weighted by Gasteiger charge is 2.36. The van der Waals surface area contributed by atoms with Gasteiger partial charge < -0.3 is 9.64 Å². The third-order valence-electron chi connectivity index (χ3n) is 3.75. The first kappa shape index (κ1) is 16.0. The van der Waals surface area contributed by atoms with Gasteiger partial charge in [-0.05, 0) is 25.0 Å². The number of rotatable bonds is 5. The summed E-state index contributed by atoms with van der Waals surface area (Å²) in [6.45, 7) is 4.49. The van der Waals surface area contributed by atoms with E-state index >= 15 is 0 Å². The maximum absolute atomic E-state index is 12.7. The maximum Gasteiger partial charge on any atom is 0.340 e. The molecule has 1 aromatic carbocycles. The number of nitrogens with zero attached hydrogens (tertiary/aromatic N) is 1. The van der Waals surface area contributed by atoms with Crippen LogP contribution in [0.25, 0.3) is 6.08 Å². The zero-order chi connectivity index (χ0) is 16.1. The van der Waals surface area contributed by atoms with Crippen LogP contribution in [0.1, 0.15) is 32.3 Å². The second-order valence-electron chi connectivity index (χ2n) is 5.23. The molecule has 4 nitrogen and oxygen atoms in total. The summed E-state index contributed by atoms with van der Waals surface area (Å²) in [5.74, 6) is -0.595. The van der Waals surface area contributed by atoms with Gasteiger partial charge in [0.05, 0.1) is 18.3 Å². The van der Waals surface area contributed by atoms with Crippen molar-refractivity contribution in [1.29, 1.82) is 0 Å². The molecule has 0 saturated heterocycles. The van der Waals surface area contributed by atoms with Crippen LogP contribution in [0.15, 0.2) is 47.2 Å². The largest absolute Gasteiger partial charge is 0.465 e. The van der Waals surface area contributed by atoms with Gasteiger partial charge in [-0.25, -0.2) is 4.79 Å². The Labute approximate surface area is 131 Å². The lowest BCUT2D eigenvalue weighted by atomic mass is 10.0. The van der Waals surface area contributed by atoms with E-state index in [2.05, 4.69) is 6.92 Å². The summed E-state index contributed by atoms with van der Waals surface area (Å²) in [5, 5.41) is 0. The normalized spacial score (nSPS) is 16.6. The number of benzene rings is 1. The number of ether oxygens (including phenoxy) is 1. The van der Waals surface area contributed by atoms with E-state index in [0.29, 0.717) is 23.4 Å². The van der Waals surface area contributed by atoms with Crippen molar-refractivity contribution in [3.8, 4) is 0 Å². The number of amides is 1. The second kappa shape index (κ2) is 7.07. The summed E-state index contributed by atoms with van der Waals surface area (Å²) in [5.41, 5.74) is 2.34. The number of unbranched alkanes of at least 4 members (excludes halogenated alkanes) is 1. The van der Waals surface area contributed by atoms with Crippen LogP contribution in [0.2, 0.25) is 0 Å². The Morgan fingerprint density at radius 2 is 1.95 bits per heavy atom. The minimum Gasteiger partial charge on any atom is -0.465 e. The highest BCUT2D eigenvalue weighted by atomic mass is 16.5. The van der Waals surface area contributed by atoms with Gasteiger partial charge in [0.25, 0.3) is 5.91 Å². The number of esters is 1. The van der Waals surface area contributed by atoms with Crippen LogP contribution in [0.4, 0.5) is 0 Å². The Kier molecular flexibility index (Phi) is 5.15. The van der Waals surface area contributed by atoms with Gasteiger partial charge in [-0.2, -0.15) is 0 Å². The molecular weight excluding hydrogens is 278 g/mol. The zero-order valence-corrected chi connectivity index (χ0v) is 13.3. The average molecular weight is 299 g/mol. The SMILES string of the molecule is CCCCN1C(=O)/C(=C\c2ccccc2)C(C(=O)OC)=C1C. The molecule has 0 atom stereocenters. The molecule has 0 aliphatic carbocycles. The fraction of sp³-hybridized carbons (Fsp3) is 0.333. The summed E-state index contributed by atoms with van der Waals surface area (Å²) in [6.07, 6.45) is 3.64. The first-order valence-electron chi connectivity index (χ1n) is 7.48. The van der Waals surface area contributed by atoms with Gasteiger partial charge in [0.15, 0.2) is 0 Å². The molecule has 0 fully saturated rings. The number of hydrogen-bond donors (Lipinski definition) is 0. The molecule has 1 aromatic rings. The van der Waals surface area contributed by atoms with Crippen LogP contribution in [0, 0.1) is 0 Å². The molecule has 1 amide bonds. The molecule has 0 aromatic heterocycles. The van der Waals surface area contributed by atoms with Crippen molar-refractivity contribution in [3.63, 3.8) is 0 Å². The zero-order valence-electron chi connectivity index (χ0n) is 13.3. The minimum atomic E-state index is -0.466. The first-order valence-corrected chi connectivity index (χ1v) is 7.48. The second-order valence-corrected chi connectivity index (χ2v) is 5.23. The standard InChI is InChI=1S/C18H21NO3/c1-4-5-11-19-13(2)16(18(21)22-3)15(17(19)20)12-14-9-7-6-8-10-14/h6-10,12H,4-5,11H2,1-3H3/b15-12-. The molecule has 22 heavy (non-hydrogen) atoms. The van der Waals surface area contributed by atoms with Crippen LogP contribution in [0.5, 0.6) is 0 Å². The van der Waals surface area contributed by atoms with Crippen molar-refractivity contribution in [3.05, 3.63) is 52.7 Å². The molecule has 0 bridgehead atoms. The van der Waals surface area contributed by atoms with Gasteiger partial charge in [0, 0.05) is 12.2 Å². The Morgan fingerprint density at radius 3 is 2.55 bits per heavy atom. The van der Waals surface area contributed by atoms with Crippen LogP contribution in [0.3, 0.4) is 0 Å². The highest BCUT2D eigenvalue weighted by molar-refractivity contribution is 6.16. The van der Waals surface area contributed by atoms with Gasteiger partial charge >= 0.3 is 5.97 Å². The smallest absolute Gasteiger partial charge is 0.340 e. The molecule has 4 heteroatoms. The maximum atomic E-state index is 12.7. The average Bonchev–Trinajstić information content (AvgIpc) is 2.76. The van der Waals surface area contributed by atoms with E-state index in [4.69, 9.17) is 4.74 Å². The lowest BCUT2D eigenvalue weighted by Gasteiger charge is -2.17. The van der Waals surface area contributed by atoms with Gasteiger partial charge in [-0.3, -0.25) is 4.79 Å². The van der Waals surface area contributed by atoms with Crippen LogP contribution >= 0.6 is 0 Å². The lowest BCUT2D eigenvalue weighted by Crippen LogP contribution is -2.26. The van der Waals surface area contributed by atoms with E-state index in [1.54, 1.807) is 17.9 Å². The van der Waals surface area contributed by atoms with Crippen LogP contribution in [-0.2, 0) is 14.3 Å². The summed E-state index contributed by atoms with van der Waals surface area (Å²) >= 11 is 0. The number of carbonyl (C=O) groups excluding carboxylic acids is 2. The Bertz CT molecular complexity index is 629. The third kappa shape index (κ3) is 3.11. The van der Waals surface area contributed by atoms with Crippen molar-refractivity contribution in [2.75, 3.05) is 13.7 Å². The molecule has 116 valence electrons. The summed E-state index contributed by atoms with van der Waals surface area (Å²) in [4.78, 5) is 26.4. The molecule has 0 saturated carbocycles. The molecule has 1 aliphatic heterocycles. The molecule has 0 spiro atoms. The predicted octanol–water partition coefficient (Wildman–Crippen LogP) is 3.16. The van der Waals surface area contributed by atoms with E-state index in [9.17, 15) is 9.59 Å². The fourth-order valence-electron chi connectivity index (χ4n) is 2.53. The Morgan fingerprint density at radius 1 is 1.27 bits per heavy atom. The van der Waals surface area contributed by atoms with Crippen LogP contribution < -0.4 is 0 Å². The molecule has 0 radical (unpaired) electrons. The molecule has 0 unspecified atom stereocenters. The first-order chi connectivity index (χ1) is 10.6. The highest BCUT2D eigenvalue weighted by Crippen LogP contribution is 2.31. The quantitative estimate of drug-likeness (QED) is 0.620. The van der Waals surface area contributed by atoms with E-state index in [-0.39, 0.29) is 5.91 Å². The lowest BCUT2D eigenvalue weighted by molar-refractivity contribution is -0.136. The topological polar surface area (TPSA) is 46.6 Å². The van der Waals surface area contributed by atoms with E-state index in [1.807, 2.05) is 30.3 Å². The van der Waals surface area contributed by atoms with E-state index in [1.165, 1.54) is 7.11 Å². The third-order valence-corrected chi connectivity index (χ3v) is 3.75. The summed E-state index contributed by atoms with van der Waals surface area (Å²) < 4.78 is 4.86. The van der Waals surface area contributed by atoms with Crippen molar-refractivity contribution in [2.45, 2.75) is 26.7 Å². The molecule has 0 N–H and O–H groups in total. The van der Waals surface area contributed by atoms with Gasteiger partial charge in [0.1, 0.15) is 0 Å². The summed E-state index contributed by atoms with van der Waals surface area (Å²) in [7, 11) is 1.34. The fourth-order valence-corrected chi connectivity index (χ4v) is 2.53. The van der Waals surface area contributed by atoms with Gasteiger partial charge in [-0.15, -0.1) is 0 Å². The Hall–Kier alpha value is -2.36. The summed E-state index contributed by atoms with van der Waals surface area (Å²) in [6, 6.07) is 9.51. The van der Waals surface area contributed by atoms with Crippen molar-refractivity contribution < 1.29 is 14.3 Å². The number of hydrogen-bond acceptors (Lipinski definition) is 3. The molecule has 2 rings (SSSR count). The predicted molar refractivity (Wildman–Crippen MR) is 85.8 cm³/mol. The number of allylic oxidation sites excluding steroid dienone is 1. The molecular formula is C18H21NO3. The number of carbonyl (C=O) groups is 2. The van der Waals surface area contributed by atoms with Crippen LogP contribution in [-0.4, -0.2) is 30.4 Å². The molecule has 1 heterocycles. The Balaban J connectivity index is 2.45.